The van der Waals surface area contributed by atoms with E-state index in [0.29, 0.717) is 11.3 Å². The first-order chi connectivity index (χ1) is 15.8. The van der Waals surface area contributed by atoms with Gasteiger partial charge in [0.2, 0.25) is 5.91 Å². The Labute approximate surface area is 194 Å². The molecule has 0 radical (unpaired) electrons. The number of ketones is 1. The van der Waals surface area contributed by atoms with E-state index in [1.807, 2.05) is 12.1 Å². The zero-order valence-electron chi connectivity index (χ0n) is 18.4. The number of nitrogens with zero attached hydrogens (tertiary/aromatic N) is 2. The maximum Gasteiger partial charge on any atom is 0.262 e. The minimum Gasteiger partial charge on any atom is -0.365 e. The molecule has 5 rings (SSSR count). The number of ether oxygens (including phenoxy) is 1. The number of alkyl halides is 1. The molecule has 176 valence electrons. The van der Waals surface area contributed by atoms with E-state index in [1.54, 1.807) is 12.3 Å². The van der Waals surface area contributed by atoms with Crippen LogP contribution in [-0.4, -0.2) is 70.2 Å². The SMILES string of the molecule is CC1(CC(NC(=O)c2ccc(-c3ccn[nH]3)s2)C(=O)N2C[C@H](F)[C@H]3OCC(=O)[C@H]32)CCCC1. The van der Waals surface area contributed by atoms with Crippen LogP contribution in [0.15, 0.2) is 24.4 Å². The number of thiophene rings is 1. The number of H-pyrrole nitrogens is 1. The summed E-state index contributed by atoms with van der Waals surface area (Å²) in [4.78, 5) is 41.7. The summed E-state index contributed by atoms with van der Waals surface area (Å²) in [5.41, 5.74) is 0.719. The fraction of sp³-hybridized carbons (Fsp3) is 0.565. The van der Waals surface area contributed by atoms with Crippen LogP contribution in [0.3, 0.4) is 0 Å². The first-order valence-corrected chi connectivity index (χ1v) is 12.2. The molecular formula is C23H27FN4O4S. The maximum atomic E-state index is 14.5. The monoisotopic (exact) mass is 474 g/mol. The van der Waals surface area contributed by atoms with Gasteiger partial charge >= 0.3 is 0 Å². The number of nitrogens with one attached hydrogen (secondary N) is 2. The topological polar surface area (TPSA) is 104 Å². The molecule has 4 heterocycles. The third kappa shape index (κ3) is 4.21. The van der Waals surface area contributed by atoms with Gasteiger partial charge in [-0.25, -0.2) is 4.39 Å². The average molecular weight is 475 g/mol. The highest BCUT2D eigenvalue weighted by atomic mass is 32.1. The summed E-state index contributed by atoms with van der Waals surface area (Å²) in [5.74, 6) is -1.05. The van der Waals surface area contributed by atoms with Crippen molar-refractivity contribution in [1.29, 1.82) is 0 Å². The zero-order chi connectivity index (χ0) is 23.2. The normalized spacial score (nSPS) is 27.0. The molecule has 1 unspecified atom stereocenters. The van der Waals surface area contributed by atoms with Crippen LogP contribution in [0.4, 0.5) is 4.39 Å². The van der Waals surface area contributed by atoms with Crippen LogP contribution < -0.4 is 5.32 Å². The Morgan fingerprint density at radius 1 is 1.36 bits per heavy atom. The van der Waals surface area contributed by atoms with E-state index in [9.17, 15) is 18.8 Å². The molecule has 2 saturated heterocycles. The predicted octanol–water partition coefficient (Wildman–Crippen LogP) is 2.72. The van der Waals surface area contributed by atoms with Crippen LogP contribution in [0, 0.1) is 5.41 Å². The van der Waals surface area contributed by atoms with Crippen LogP contribution in [0.25, 0.3) is 10.6 Å². The Hall–Kier alpha value is -2.59. The van der Waals surface area contributed by atoms with E-state index in [1.165, 1.54) is 16.2 Å². The van der Waals surface area contributed by atoms with Gasteiger partial charge in [0.25, 0.3) is 5.91 Å². The first kappa shape index (κ1) is 22.2. The molecule has 2 amide bonds. The molecule has 3 aliphatic rings. The van der Waals surface area contributed by atoms with E-state index in [4.69, 9.17) is 4.74 Å². The number of hydrogen-bond acceptors (Lipinski definition) is 6. The van der Waals surface area contributed by atoms with E-state index in [0.717, 1.165) is 36.3 Å². The second-order valence-corrected chi connectivity index (χ2v) is 10.7. The Kier molecular flexibility index (Phi) is 5.82. The van der Waals surface area contributed by atoms with Crippen LogP contribution in [0.1, 0.15) is 48.7 Å². The summed E-state index contributed by atoms with van der Waals surface area (Å²) in [7, 11) is 0. The van der Waals surface area contributed by atoms with E-state index >= 15 is 0 Å². The number of amides is 2. The number of carbonyl (C=O) groups excluding carboxylic acids is 3. The Bertz CT molecular complexity index is 1050. The van der Waals surface area contributed by atoms with Crippen molar-refractivity contribution in [3.63, 3.8) is 0 Å². The lowest BCUT2D eigenvalue weighted by Gasteiger charge is -2.32. The number of hydrogen-bond donors (Lipinski definition) is 2. The Morgan fingerprint density at radius 3 is 2.88 bits per heavy atom. The van der Waals surface area contributed by atoms with Gasteiger partial charge < -0.3 is 15.0 Å². The zero-order valence-corrected chi connectivity index (χ0v) is 19.2. The molecular weight excluding hydrogens is 447 g/mol. The van der Waals surface area contributed by atoms with Crippen LogP contribution in [-0.2, 0) is 14.3 Å². The molecule has 0 spiro atoms. The summed E-state index contributed by atoms with van der Waals surface area (Å²) in [5, 5.41) is 9.72. The third-order valence-corrected chi connectivity index (χ3v) is 8.23. The molecule has 0 bridgehead atoms. The first-order valence-electron chi connectivity index (χ1n) is 11.3. The van der Waals surface area contributed by atoms with Crippen molar-refractivity contribution in [3.8, 4) is 10.6 Å². The minimum atomic E-state index is -1.40. The highest BCUT2D eigenvalue weighted by Gasteiger charge is 2.54. The van der Waals surface area contributed by atoms with Gasteiger partial charge in [0.1, 0.15) is 31.0 Å². The highest BCUT2D eigenvalue weighted by molar-refractivity contribution is 7.17. The molecule has 1 saturated carbocycles. The highest BCUT2D eigenvalue weighted by Crippen LogP contribution is 2.42. The van der Waals surface area contributed by atoms with Crippen LogP contribution in [0.2, 0.25) is 0 Å². The number of aromatic amines is 1. The summed E-state index contributed by atoms with van der Waals surface area (Å²) in [6, 6.07) is 3.62. The third-order valence-electron chi connectivity index (χ3n) is 7.11. The smallest absolute Gasteiger partial charge is 0.262 e. The number of halogens is 1. The quantitative estimate of drug-likeness (QED) is 0.670. The van der Waals surface area contributed by atoms with Crippen molar-refractivity contribution in [1.82, 2.24) is 20.4 Å². The van der Waals surface area contributed by atoms with Crippen molar-refractivity contribution in [2.45, 2.75) is 63.4 Å². The fourth-order valence-corrected chi connectivity index (χ4v) is 6.26. The lowest BCUT2D eigenvalue weighted by atomic mass is 9.81. The summed E-state index contributed by atoms with van der Waals surface area (Å²) >= 11 is 1.30. The number of fused-ring (bicyclic) bond motifs is 1. The van der Waals surface area contributed by atoms with Crippen molar-refractivity contribution < 1.29 is 23.5 Å². The van der Waals surface area contributed by atoms with Gasteiger partial charge in [-0.3, -0.25) is 19.5 Å². The summed E-state index contributed by atoms with van der Waals surface area (Å²) in [6.45, 7) is 1.76. The lowest BCUT2D eigenvalue weighted by Crippen LogP contribution is -2.53. The van der Waals surface area contributed by atoms with Gasteiger partial charge in [-0.05, 0) is 42.9 Å². The Balaban J connectivity index is 1.37. The van der Waals surface area contributed by atoms with Gasteiger partial charge in [-0.1, -0.05) is 19.8 Å². The molecule has 2 aromatic rings. The van der Waals surface area contributed by atoms with Crippen LogP contribution >= 0.6 is 11.3 Å². The van der Waals surface area contributed by atoms with Crippen molar-refractivity contribution in [2.75, 3.05) is 13.2 Å². The molecule has 4 atom stereocenters. The molecule has 10 heteroatoms. The number of rotatable bonds is 6. The van der Waals surface area contributed by atoms with Gasteiger partial charge in [-0.2, -0.15) is 5.10 Å². The van der Waals surface area contributed by atoms with Gasteiger partial charge in [0.05, 0.1) is 22.0 Å². The number of Topliss-reactive ketones (excluding diaryl/α,β-unsaturated/α-hetero) is 1. The largest absolute Gasteiger partial charge is 0.365 e. The lowest BCUT2D eigenvalue weighted by molar-refractivity contribution is -0.138. The molecule has 3 fully saturated rings. The summed E-state index contributed by atoms with van der Waals surface area (Å²) < 4.78 is 19.8. The second kappa shape index (κ2) is 8.64. The second-order valence-electron chi connectivity index (χ2n) is 9.58. The van der Waals surface area contributed by atoms with Crippen molar-refractivity contribution in [2.24, 2.45) is 5.41 Å². The van der Waals surface area contributed by atoms with E-state index in [2.05, 4.69) is 22.4 Å². The van der Waals surface area contributed by atoms with Gasteiger partial charge in [0, 0.05) is 6.20 Å². The molecule has 1 aliphatic carbocycles. The Morgan fingerprint density at radius 2 is 2.15 bits per heavy atom. The van der Waals surface area contributed by atoms with Crippen molar-refractivity contribution in [3.05, 3.63) is 29.3 Å². The molecule has 2 aliphatic heterocycles. The van der Waals surface area contributed by atoms with Gasteiger partial charge in [0.15, 0.2) is 5.78 Å². The number of aromatic nitrogens is 2. The number of carbonyl (C=O) groups is 3. The molecule has 0 aromatic carbocycles. The van der Waals surface area contributed by atoms with Gasteiger partial charge in [-0.15, -0.1) is 11.3 Å². The fourth-order valence-electron chi connectivity index (χ4n) is 5.38. The summed E-state index contributed by atoms with van der Waals surface area (Å²) in [6.07, 6.45) is 3.88. The molecule has 2 aromatic heterocycles. The molecule has 8 nitrogen and oxygen atoms in total. The predicted molar refractivity (Wildman–Crippen MR) is 119 cm³/mol. The molecule has 33 heavy (non-hydrogen) atoms. The van der Waals surface area contributed by atoms with Crippen molar-refractivity contribution >= 4 is 28.9 Å². The standard InChI is InChI=1S/C23H27FN4O4S/c1-23(7-2-3-8-23)10-15(22(31)28-11-13(24)20-19(28)16(29)12-32-20)26-21(30)18-5-4-17(33-18)14-6-9-25-27-14/h4-6,9,13,15,19-20H,2-3,7-8,10-12H2,1H3,(H,25,27)(H,26,30)/t13-,15?,19+,20+/m0/s1. The van der Waals surface area contributed by atoms with E-state index < -0.39 is 30.3 Å². The maximum absolute atomic E-state index is 14.5. The minimum absolute atomic E-state index is 0.0887. The molecule has 2 N–H and O–H groups in total. The van der Waals surface area contributed by atoms with Crippen LogP contribution in [0.5, 0.6) is 0 Å². The number of likely N-dealkylation sites (tertiary alicyclic amines) is 1. The average Bonchev–Trinajstić information content (AvgIpc) is 3.59. The van der Waals surface area contributed by atoms with E-state index in [-0.39, 0.29) is 30.3 Å².